The lowest BCUT2D eigenvalue weighted by Crippen LogP contribution is -2.45. The lowest BCUT2D eigenvalue weighted by molar-refractivity contribution is -0.0518. The van der Waals surface area contributed by atoms with E-state index in [2.05, 4.69) is 0 Å². The third kappa shape index (κ3) is 2.74. The molecule has 21 heavy (non-hydrogen) atoms. The molecule has 6 nitrogen and oxygen atoms in total. The SMILES string of the molecule is Cc1c(Cl)c(N2CCOC3(CO3)C2)cc(Cl)c1S(N)(=O)=O. The van der Waals surface area contributed by atoms with Crippen LogP contribution in [0.1, 0.15) is 5.56 Å². The highest BCUT2D eigenvalue weighted by atomic mass is 35.5. The summed E-state index contributed by atoms with van der Waals surface area (Å²) in [6.45, 7) is 3.78. The molecule has 1 unspecified atom stereocenters. The number of hydrogen-bond acceptors (Lipinski definition) is 5. The van der Waals surface area contributed by atoms with Crippen molar-refractivity contribution in [3.63, 3.8) is 0 Å². The van der Waals surface area contributed by atoms with E-state index in [1.807, 2.05) is 4.90 Å². The number of ether oxygens (including phenoxy) is 2. The van der Waals surface area contributed by atoms with E-state index in [0.717, 1.165) is 0 Å². The lowest BCUT2D eigenvalue weighted by atomic mass is 10.1. The van der Waals surface area contributed by atoms with Gasteiger partial charge in [0.1, 0.15) is 11.5 Å². The van der Waals surface area contributed by atoms with Crippen LogP contribution in [0.2, 0.25) is 10.0 Å². The second-order valence-electron chi connectivity index (χ2n) is 5.16. The minimum absolute atomic E-state index is 0.0617. The third-order valence-electron chi connectivity index (χ3n) is 3.62. The van der Waals surface area contributed by atoms with Gasteiger partial charge in [-0.1, -0.05) is 23.2 Å². The number of hydrogen-bond donors (Lipinski definition) is 1. The first kappa shape index (κ1) is 15.3. The molecule has 0 aromatic heterocycles. The van der Waals surface area contributed by atoms with Gasteiger partial charge in [-0.15, -0.1) is 0 Å². The highest BCUT2D eigenvalue weighted by molar-refractivity contribution is 7.89. The van der Waals surface area contributed by atoms with Crippen LogP contribution >= 0.6 is 23.2 Å². The molecule has 2 N–H and O–H groups in total. The van der Waals surface area contributed by atoms with E-state index in [1.54, 1.807) is 6.92 Å². The fraction of sp³-hybridized carbons (Fsp3) is 0.500. The molecule has 0 radical (unpaired) electrons. The van der Waals surface area contributed by atoms with Gasteiger partial charge in [0.25, 0.3) is 0 Å². The monoisotopic (exact) mass is 352 g/mol. The second kappa shape index (κ2) is 4.97. The van der Waals surface area contributed by atoms with Crippen molar-refractivity contribution in [1.82, 2.24) is 0 Å². The van der Waals surface area contributed by atoms with Gasteiger partial charge in [0, 0.05) is 6.54 Å². The first-order valence-corrected chi connectivity index (χ1v) is 8.58. The van der Waals surface area contributed by atoms with Gasteiger partial charge >= 0.3 is 0 Å². The Morgan fingerprint density at radius 3 is 2.62 bits per heavy atom. The Hall–Kier alpha value is -0.570. The van der Waals surface area contributed by atoms with E-state index in [4.69, 9.17) is 37.8 Å². The minimum Gasteiger partial charge on any atom is -0.362 e. The van der Waals surface area contributed by atoms with Gasteiger partial charge in [-0.3, -0.25) is 0 Å². The van der Waals surface area contributed by atoms with Crippen LogP contribution in [-0.4, -0.2) is 40.5 Å². The number of benzene rings is 1. The molecule has 1 spiro atoms. The fourth-order valence-corrected chi connectivity index (χ4v) is 4.27. The summed E-state index contributed by atoms with van der Waals surface area (Å²) in [5.41, 5.74) is 1.00. The topological polar surface area (TPSA) is 85.2 Å². The van der Waals surface area contributed by atoms with E-state index in [0.29, 0.717) is 42.6 Å². The molecule has 2 aliphatic rings. The van der Waals surface area contributed by atoms with Gasteiger partial charge in [0.2, 0.25) is 15.8 Å². The molecule has 9 heteroatoms. The molecule has 2 aliphatic heterocycles. The smallest absolute Gasteiger partial charge is 0.239 e. The van der Waals surface area contributed by atoms with Crippen LogP contribution in [0, 0.1) is 6.92 Å². The summed E-state index contributed by atoms with van der Waals surface area (Å²) in [4.78, 5) is 1.84. The zero-order chi connectivity index (χ0) is 15.4. The van der Waals surface area contributed by atoms with Crippen LogP contribution in [0.25, 0.3) is 0 Å². The molecule has 2 fully saturated rings. The van der Waals surface area contributed by atoms with E-state index < -0.39 is 15.8 Å². The number of nitrogens with two attached hydrogens (primary N) is 1. The molecule has 2 heterocycles. The van der Waals surface area contributed by atoms with Crippen LogP contribution in [0.5, 0.6) is 0 Å². The summed E-state index contributed by atoms with van der Waals surface area (Å²) in [5, 5.41) is 5.57. The number of sulfonamides is 1. The number of epoxide rings is 1. The Bertz CT molecular complexity index is 704. The van der Waals surface area contributed by atoms with Crippen LogP contribution < -0.4 is 10.0 Å². The first-order chi connectivity index (χ1) is 9.73. The first-order valence-electron chi connectivity index (χ1n) is 6.28. The van der Waals surface area contributed by atoms with Gasteiger partial charge < -0.3 is 14.4 Å². The fourth-order valence-electron chi connectivity index (χ4n) is 2.52. The van der Waals surface area contributed by atoms with E-state index in [-0.39, 0.29) is 9.92 Å². The number of halogens is 2. The molecule has 1 atom stereocenters. The van der Waals surface area contributed by atoms with Gasteiger partial charge in [0.05, 0.1) is 28.9 Å². The van der Waals surface area contributed by atoms with Gasteiger partial charge in [0.15, 0.2) is 0 Å². The zero-order valence-electron chi connectivity index (χ0n) is 11.2. The third-order valence-corrected chi connectivity index (χ3v) is 5.61. The van der Waals surface area contributed by atoms with E-state index >= 15 is 0 Å². The van der Waals surface area contributed by atoms with Crippen LogP contribution in [0.3, 0.4) is 0 Å². The zero-order valence-corrected chi connectivity index (χ0v) is 13.6. The van der Waals surface area contributed by atoms with Crippen molar-refractivity contribution in [3.8, 4) is 0 Å². The summed E-state index contributed by atoms with van der Waals surface area (Å²) < 4.78 is 34.1. The number of rotatable bonds is 2. The van der Waals surface area contributed by atoms with Gasteiger partial charge in [-0.05, 0) is 18.6 Å². The second-order valence-corrected chi connectivity index (χ2v) is 7.44. The average Bonchev–Trinajstić information content (AvgIpc) is 3.11. The number of primary sulfonamides is 1. The largest absolute Gasteiger partial charge is 0.362 e. The molecule has 2 saturated heterocycles. The maximum atomic E-state index is 11.6. The lowest BCUT2D eigenvalue weighted by Gasteiger charge is -2.34. The van der Waals surface area contributed by atoms with Gasteiger partial charge in [-0.25, -0.2) is 13.6 Å². The Morgan fingerprint density at radius 2 is 2.05 bits per heavy atom. The summed E-state index contributed by atoms with van der Waals surface area (Å²) in [6, 6.07) is 1.53. The molecule has 1 aromatic rings. The molecule has 116 valence electrons. The number of anilines is 1. The molecule has 3 rings (SSSR count). The standard InChI is InChI=1S/C12H14Cl2N2O4S/c1-7-10(14)9(4-8(13)11(7)21(15,17)18)16-2-3-19-12(5-16)6-20-12/h4H,2-3,5-6H2,1H3,(H2,15,17,18). The van der Waals surface area contributed by atoms with Crippen molar-refractivity contribution in [1.29, 1.82) is 0 Å². The van der Waals surface area contributed by atoms with Gasteiger partial charge in [-0.2, -0.15) is 0 Å². The maximum absolute atomic E-state index is 11.6. The molecule has 0 aliphatic carbocycles. The summed E-state index contributed by atoms with van der Waals surface area (Å²) in [7, 11) is -3.93. The maximum Gasteiger partial charge on any atom is 0.239 e. The predicted molar refractivity (Wildman–Crippen MR) is 79.4 cm³/mol. The Labute approximate surface area is 132 Å². The van der Waals surface area contributed by atoms with Crippen molar-refractivity contribution in [2.45, 2.75) is 17.6 Å². The molecular weight excluding hydrogens is 339 g/mol. The highest BCUT2D eigenvalue weighted by Gasteiger charge is 2.50. The number of nitrogens with zero attached hydrogens (tertiary/aromatic N) is 1. The van der Waals surface area contributed by atoms with Crippen molar-refractivity contribution in [2.75, 3.05) is 31.2 Å². The molecule has 0 saturated carbocycles. The number of morpholine rings is 1. The molecule has 0 amide bonds. The van der Waals surface area contributed by atoms with Crippen LogP contribution in [-0.2, 0) is 19.5 Å². The average molecular weight is 353 g/mol. The van der Waals surface area contributed by atoms with Crippen molar-refractivity contribution in [3.05, 3.63) is 21.7 Å². The summed E-state index contributed by atoms with van der Waals surface area (Å²) in [6.07, 6.45) is 0. The van der Waals surface area contributed by atoms with Crippen molar-refractivity contribution < 1.29 is 17.9 Å². The predicted octanol–water partition coefficient (Wildman–Crippen LogP) is 1.51. The van der Waals surface area contributed by atoms with E-state index in [9.17, 15) is 8.42 Å². The Morgan fingerprint density at radius 1 is 1.38 bits per heavy atom. The normalized spacial score (nSPS) is 25.4. The Balaban J connectivity index is 2.04. The van der Waals surface area contributed by atoms with Crippen LogP contribution in [0.4, 0.5) is 5.69 Å². The van der Waals surface area contributed by atoms with Crippen molar-refractivity contribution in [2.24, 2.45) is 5.14 Å². The summed E-state index contributed by atoms with van der Waals surface area (Å²) >= 11 is 12.4. The van der Waals surface area contributed by atoms with Crippen LogP contribution in [0.15, 0.2) is 11.0 Å². The highest BCUT2D eigenvalue weighted by Crippen LogP contribution is 2.41. The van der Waals surface area contributed by atoms with Crippen molar-refractivity contribution >= 4 is 38.9 Å². The Kier molecular flexibility index (Phi) is 3.63. The summed E-state index contributed by atoms with van der Waals surface area (Å²) in [5.74, 6) is -0.555. The quantitative estimate of drug-likeness (QED) is 0.815. The minimum atomic E-state index is -3.93. The molecule has 1 aromatic carbocycles. The van der Waals surface area contributed by atoms with E-state index in [1.165, 1.54) is 6.07 Å². The molecular formula is C12H14Cl2N2O4S. The molecule has 0 bridgehead atoms.